The molecule has 1 aliphatic rings. The van der Waals surface area contributed by atoms with Crippen molar-refractivity contribution in [1.29, 1.82) is 21.0 Å². The number of rotatable bonds is 1. The van der Waals surface area contributed by atoms with Crippen molar-refractivity contribution in [2.24, 2.45) is 0 Å². The molecule has 1 fully saturated rings. The van der Waals surface area contributed by atoms with Gasteiger partial charge >= 0.3 is 29.6 Å². The van der Waals surface area contributed by atoms with Crippen LogP contribution >= 0.6 is 0 Å². The van der Waals surface area contributed by atoms with Gasteiger partial charge in [0.1, 0.15) is 23.7 Å². The van der Waals surface area contributed by atoms with Gasteiger partial charge in [-0.25, -0.2) is 0 Å². The zero-order valence-electron chi connectivity index (χ0n) is 8.44. The minimum atomic E-state index is -0.540. The maximum Gasteiger partial charge on any atom is 1.00 e. The zero-order valence-corrected chi connectivity index (χ0v) is 10.4. The van der Waals surface area contributed by atoms with Gasteiger partial charge in [-0.05, 0) is 0 Å². The van der Waals surface area contributed by atoms with Crippen LogP contribution in [0.5, 0.6) is 0 Å². The van der Waals surface area contributed by atoms with Gasteiger partial charge in [-0.3, -0.25) is 0 Å². The Hall–Kier alpha value is -1.08. The second kappa shape index (κ2) is 6.49. The first kappa shape index (κ1) is 14.9. The third kappa shape index (κ3) is 2.19. The third-order valence-electron chi connectivity index (χ3n) is 1.96. The minimum absolute atomic E-state index is 0. The van der Waals surface area contributed by atoms with Crippen LogP contribution in [0.2, 0.25) is 0 Å². The fourth-order valence-electron chi connectivity index (χ4n) is 1.31. The van der Waals surface area contributed by atoms with Gasteiger partial charge < -0.3 is 5.11 Å². The summed E-state index contributed by atoms with van der Waals surface area (Å²) >= 11 is 0. The van der Waals surface area contributed by atoms with Crippen molar-refractivity contribution in [2.75, 3.05) is 6.61 Å². The molecule has 6 heteroatoms. The molecule has 1 aliphatic carbocycles. The first-order chi connectivity index (χ1) is 7.24. The van der Waals surface area contributed by atoms with Crippen LogP contribution in [0.25, 0.3) is 0 Å². The summed E-state index contributed by atoms with van der Waals surface area (Å²) in [6.45, 7) is -0.540. The van der Waals surface area contributed by atoms with Crippen LogP contribution in [0.4, 0.5) is 0 Å². The van der Waals surface area contributed by atoms with E-state index < -0.39 is 6.61 Å². The molecule has 1 saturated carbocycles. The fraction of sp³-hybridized carbons (Fsp3) is 0.100. The Morgan fingerprint density at radius 2 is 1.06 bits per heavy atom. The van der Waals surface area contributed by atoms with Gasteiger partial charge in [-0.2, -0.15) is 21.0 Å². The molecule has 0 atom stereocenters. The first-order valence-corrected chi connectivity index (χ1v) is 3.81. The molecule has 0 aliphatic heterocycles. The van der Waals surface area contributed by atoms with E-state index in [0.29, 0.717) is 0 Å². The SMILES string of the molecule is N#C[C]1[C](C#N)[C](C#N)[C](CO)[C]1C#N.[Na+]. The second-order valence-corrected chi connectivity index (χ2v) is 2.58. The van der Waals surface area contributed by atoms with Crippen LogP contribution in [0.15, 0.2) is 0 Å². The van der Waals surface area contributed by atoms with Gasteiger partial charge in [-0.15, -0.1) is 0 Å². The smallest absolute Gasteiger partial charge is 0.396 e. The molecule has 0 aromatic carbocycles. The molecular formula is C10H3N4NaO+. The van der Waals surface area contributed by atoms with Crippen LogP contribution < -0.4 is 29.6 Å². The van der Waals surface area contributed by atoms with Crippen LogP contribution in [0.1, 0.15) is 0 Å². The van der Waals surface area contributed by atoms with E-state index >= 15 is 0 Å². The molecule has 0 aromatic heterocycles. The molecule has 0 saturated heterocycles. The fourth-order valence-corrected chi connectivity index (χ4v) is 1.31. The van der Waals surface area contributed by atoms with Gasteiger partial charge in [0.25, 0.3) is 0 Å². The predicted octanol–water partition coefficient (Wildman–Crippen LogP) is -3.04. The predicted molar refractivity (Wildman–Crippen MR) is 45.8 cm³/mol. The van der Waals surface area contributed by atoms with Crippen molar-refractivity contribution in [3.05, 3.63) is 29.6 Å². The first-order valence-electron chi connectivity index (χ1n) is 3.81. The van der Waals surface area contributed by atoms with Crippen molar-refractivity contribution in [2.45, 2.75) is 0 Å². The number of hydrogen-bond acceptors (Lipinski definition) is 5. The van der Waals surface area contributed by atoms with Crippen molar-refractivity contribution in [1.82, 2.24) is 0 Å². The average molecular weight is 218 g/mol. The summed E-state index contributed by atoms with van der Waals surface area (Å²) in [5.74, 6) is -0.407. The van der Waals surface area contributed by atoms with E-state index in [1.807, 2.05) is 0 Å². The van der Waals surface area contributed by atoms with Crippen LogP contribution in [-0.4, -0.2) is 11.7 Å². The number of hydrogen-bond donors (Lipinski definition) is 1. The molecule has 0 bridgehead atoms. The van der Waals surface area contributed by atoms with Gasteiger partial charge in [0.2, 0.25) is 0 Å². The van der Waals surface area contributed by atoms with Gasteiger partial charge in [0, 0.05) is 5.92 Å². The van der Waals surface area contributed by atoms with Crippen molar-refractivity contribution < 1.29 is 34.7 Å². The summed E-state index contributed by atoms with van der Waals surface area (Å²) in [4.78, 5) is 0. The van der Waals surface area contributed by atoms with Crippen LogP contribution in [0, 0.1) is 74.9 Å². The Labute approximate surface area is 116 Å². The van der Waals surface area contributed by atoms with Crippen molar-refractivity contribution in [3.8, 4) is 24.3 Å². The average Bonchev–Trinajstić information content (AvgIpc) is 2.59. The van der Waals surface area contributed by atoms with Gasteiger partial charge in [-0.1, -0.05) is 0 Å². The molecule has 0 unspecified atom stereocenters. The third-order valence-corrected chi connectivity index (χ3v) is 1.96. The van der Waals surface area contributed by atoms with E-state index in [-0.39, 0.29) is 59.1 Å². The Morgan fingerprint density at radius 3 is 1.25 bits per heavy atom. The topological polar surface area (TPSA) is 115 Å². The second-order valence-electron chi connectivity index (χ2n) is 2.58. The van der Waals surface area contributed by atoms with Crippen molar-refractivity contribution >= 4 is 0 Å². The summed E-state index contributed by atoms with van der Waals surface area (Å²) in [5, 5.41) is 44.0. The molecule has 5 nitrogen and oxygen atoms in total. The number of nitrogens with zero attached hydrogens (tertiary/aromatic N) is 4. The summed E-state index contributed by atoms with van der Waals surface area (Å²) in [6.07, 6.45) is 0. The van der Waals surface area contributed by atoms with Gasteiger partial charge in [0.15, 0.2) is 0 Å². The Kier molecular flexibility index (Phi) is 6.05. The Balaban J connectivity index is 0.00000225. The van der Waals surface area contributed by atoms with Gasteiger partial charge in [0.05, 0.1) is 30.9 Å². The molecule has 0 spiro atoms. The molecule has 16 heavy (non-hydrogen) atoms. The minimum Gasteiger partial charge on any atom is -0.396 e. The quantitative estimate of drug-likeness (QED) is 0.470. The molecule has 0 amide bonds. The number of aliphatic hydroxyl groups is 1. The van der Waals surface area contributed by atoms with E-state index in [4.69, 9.17) is 26.2 Å². The molecule has 1 rings (SSSR count). The number of nitriles is 4. The van der Waals surface area contributed by atoms with E-state index in [0.717, 1.165) is 0 Å². The maximum atomic E-state index is 8.97. The molecular weight excluding hydrogens is 215 g/mol. The van der Waals surface area contributed by atoms with E-state index in [9.17, 15) is 0 Å². The molecule has 1 N–H and O–H groups in total. The maximum absolute atomic E-state index is 8.97. The standard InChI is InChI=1S/C10H3N4O.Na/c11-1-6-7(2-12)9(4-14)10(5-15)8(6)3-13;/h15H,5H2;/q;+1. The molecule has 0 aromatic rings. The molecule has 5 radical (unpaired) electrons. The van der Waals surface area contributed by atoms with E-state index in [1.54, 1.807) is 24.3 Å². The monoisotopic (exact) mass is 218 g/mol. The summed E-state index contributed by atoms with van der Waals surface area (Å²) in [5.41, 5.74) is 0. The zero-order chi connectivity index (χ0) is 11.4. The summed E-state index contributed by atoms with van der Waals surface area (Å²) in [7, 11) is 0. The van der Waals surface area contributed by atoms with Crippen LogP contribution in [0.3, 0.4) is 0 Å². The van der Waals surface area contributed by atoms with Crippen molar-refractivity contribution in [3.63, 3.8) is 0 Å². The molecule has 69 valence electrons. The normalized spacial score (nSPS) is 19.1. The Bertz CT molecular complexity index is 372. The van der Waals surface area contributed by atoms with Crippen LogP contribution in [-0.2, 0) is 0 Å². The van der Waals surface area contributed by atoms with E-state index in [1.165, 1.54) is 0 Å². The largest absolute Gasteiger partial charge is 1.00 e. The Morgan fingerprint density at radius 1 is 0.750 bits per heavy atom. The molecule has 0 heterocycles. The number of aliphatic hydroxyl groups excluding tert-OH is 1. The summed E-state index contributed by atoms with van der Waals surface area (Å²) in [6, 6.07) is 6.80. The summed E-state index contributed by atoms with van der Waals surface area (Å²) < 4.78 is 0. The van der Waals surface area contributed by atoms with E-state index in [2.05, 4.69) is 0 Å².